The summed E-state index contributed by atoms with van der Waals surface area (Å²) in [5.41, 5.74) is -0.553. The van der Waals surface area contributed by atoms with E-state index < -0.39 is 23.3 Å². The van der Waals surface area contributed by atoms with Gasteiger partial charge in [0.1, 0.15) is 17.2 Å². The molecule has 1 aromatic rings. The van der Waals surface area contributed by atoms with E-state index >= 15 is 0 Å². The van der Waals surface area contributed by atoms with Gasteiger partial charge in [-0.25, -0.2) is 13.6 Å². The summed E-state index contributed by atoms with van der Waals surface area (Å²) >= 11 is 0. The molecule has 0 unspecified atom stereocenters. The summed E-state index contributed by atoms with van der Waals surface area (Å²) in [6.07, 6.45) is -0.217. The number of carbonyl (C=O) groups is 1. The predicted molar refractivity (Wildman–Crippen MR) is 72.1 cm³/mol. The number of nitrogens with one attached hydrogen (secondary N) is 1. The molecule has 0 heterocycles. The number of halogens is 2. The zero-order valence-corrected chi connectivity index (χ0v) is 11.7. The highest BCUT2D eigenvalue weighted by molar-refractivity contribution is 5.67. The Hall–Kier alpha value is -2.09. The molecule has 0 spiro atoms. The molecule has 1 N–H and O–H groups in total. The van der Waals surface area contributed by atoms with Gasteiger partial charge in [-0.2, -0.15) is 0 Å². The van der Waals surface area contributed by atoms with E-state index in [1.807, 2.05) is 0 Å². The van der Waals surface area contributed by atoms with E-state index in [-0.39, 0.29) is 12.1 Å². The second-order valence-corrected chi connectivity index (χ2v) is 5.10. The van der Waals surface area contributed by atoms with Gasteiger partial charge in [0, 0.05) is 13.0 Å². The lowest BCUT2D eigenvalue weighted by Gasteiger charge is -2.19. The van der Waals surface area contributed by atoms with Crippen molar-refractivity contribution in [3.63, 3.8) is 0 Å². The third-order valence-corrected chi connectivity index (χ3v) is 2.07. The minimum atomic E-state index is -0.570. The number of ether oxygens (including phenoxy) is 1. The Morgan fingerprint density at radius 2 is 2.05 bits per heavy atom. The Kier molecular flexibility index (Phi) is 5.51. The Labute approximate surface area is 117 Å². The molecule has 0 aromatic heterocycles. The molecule has 0 bridgehead atoms. The number of hydrogen-bond acceptors (Lipinski definition) is 2. The van der Waals surface area contributed by atoms with E-state index in [0.29, 0.717) is 6.42 Å². The SMILES string of the molecule is CC(C)(C)OC(=O)NCCC#Cc1cc(F)ccc1F. The molecule has 0 saturated carbocycles. The van der Waals surface area contributed by atoms with Crippen molar-refractivity contribution in [2.75, 3.05) is 6.54 Å². The normalized spacial score (nSPS) is 10.4. The number of benzene rings is 1. The van der Waals surface area contributed by atoms with Gasteiger partial charge in [-0.1, -0.05) is 11.8 Å². The number of carbonyl (C=O) groups excluding carboxylic acids is 1. The van der Waals surface area contributed by atoms with Crippen molar-refractivity contribution < 1.29 is 18.3 Å². The number of rotatable bonds is 2. The van der Waals surface area contributed by atoms with Crippen molar-refractivity contribution in [2.45, 2.75) is 32.8 Å². The molecule has 5 heteroatoms. The first-order valence-electron chi connectivity index (χ1n) is 6.19. The highest BCUT2D eigenvalue weighted by Gasteiger charge is 2.15. The average Bonchev–Trinajstić information content (AvgIpc) is 2.30. The molecule has 0 fully saturated rings. The van der Waals surface area contributed by atoms with E-state index in [2.05, 4.69) is 17.2 Å². The molecular weight excluding hydrogens is 264 g/mol. The topological polar surface area (TPSA) is 38.3 Å². The smallest absolute Gasteiger partial charge is 0.407 e. The maximum atomic E-state index is 13.2. The molecule has 1 aromatic carbocycles. The fourth-order valence-electron chi connectivity index (χ4n) is 1.29. The lowest BCUT2D eigenvalue weighted by molar-refractivity contribution is 0.0529. The van der Waals surface area contributed by atoms with E-state index in [1.165, 1.54) is 0 Å². The van der Waals surface area contributed by atoms with Gasteiger partial charge in [0.05, 0.1) is 5.56 Å². The van der Waals surface area contributed by atoms with Crippen LogP contribution < -0.4 is 5.32 Å². The first kappa shape index (κ1) is 16.0. The van der Waals surface area contributed by atoms with Crippen LogP contribution in [0.3, 0.4) is 0 Å². The zero-order valence-electron chi connectivity index (χ0n) is 11.7. The molecule has 0 saturated heterocycles. The standard InChI is InChI=1S/C15H17F2NO2/c1-15(2,3)20-14(19)18-9-5-4-6-11-10-12(16)7-8-13(11)17/h7-8,10H,5,9H2,1-3H3,(H,18,19). The second kappa shape index (κ2) is 6.90. The van der Waals surface area contributed by atoms with E-state index in [1.54, 1.807) is 20.8 Å². The van der Waals surface area contributed by atoms with Crippen LogP contribution in [0.25, 0.3) is 0 Å². The summed E-state index contributed by atoms with van der Waals surface area (Å²) in [6, 6.07) is 3.09. The summed E-state index contributed by atoms with van der Waals surface area (Å²) in [5, 5.41) is 2.52. The van der Waals surface area contributed by atoms with E-state index in [4.69, 9.17) is 4.74 Å². The molecule has 0 aliphatic carbocycles. The molecule has 0 radical (unpaired) electrons. The highest BCUT2D eigenvalue weighted by Crippen LogP contribution is 2.08. The lowest BCUT2D eigenvalue weighted by Crippen LogP contribution is -2.32. The van der Waals surface area contributed by atoms with Gasteiger partial charge in [-0.15, -0.1) is 0 Å². The van der Waals surface area contributed by atoms with Crippen molar-refractivity contribution in [1.82, 2.24) is 5.32 Å². The Bertz CT molecular complexity index is 539. The minimum absolute atomic E-state index is 0.00210. The van der Waals surface area contributed by atoms with Gasteiger partial charge >= 0.3 is 6.09 Å². The molecule has 1 rings (SSSR count). The van der Waals surface area contributed by atoms with Gasteiger partial charge in [0.25, 0.3) is 0 Å². The van der Waals surface area contributed by atoms with Crippen LogP contribution in [0.5, 0.6) is 0 Å². The molecule has 0 aliphatic heterocycles. The number of alkyl carbamates (subject to hydrolysis) is 1. The van der Waals surface area contributed by atoms with Crippen LogP contribution in [0, 0.1) is 23.5 Å². The summed E-state index contributed by atoms with van der Waals surface area (Å²) in [7, 11) is 0. The Morgan fingerprint density at radius 1 is 1.35 bits per heavy atom. The monoisotopic (exact) mass is 281 g/mol. The molecule has 108 valence electrons. The van der Waals surface area contributed by atoms with Gasteiger partial charge in [0.15, 0.2) is 0 Å². The summed E-state index contributed by atoms with van der Waals surface area (Å²) in [5.74, 6) is 4.07. The third-order valence-electron chi connectivity index (χ3n) is 2.07. The minimum Gasteiger partial charge on any atom is -0.444 e. The van der Waals surface area contributed by atoms with Crippen LogP contribution in [0.1, 0.15) is 32.8 Å². The van der Waals surface area contributed by atoms with Crippen molar-refractivity contribution in [1.29, 1.82) is 0 Å². The van der Waals surface area contributed by atoms with E-state index in [9.17, 15) is 13.6 Å². The average molecular weight is 281 g/mol. The largest absolute Gasteiger partial charge is 0.444 e. The van der Waals surface area contributed by atoms with Gasteiger partial charge in [0.2, 0.25) is 0 Å². The van der Waals surface area contributed by atoms with Crippen molar-refractivity contribution in [3.8, 4) is 11.8 Å². The fourth-order valence-corrected chi connectivity index (χ4v) is 1.29. The van der Waals surface area contributed by atoms with Crippen molar-refractivity contribution >= 4 is 6.09 Å². The first-order chi connectivity index (χ1) is 9.28. The maximum absolute atomic E-state index is 13.2. The fraction of sp³-hybridized carbons (Fsp3) is 0.400. The molecule has 0 aliphatic rings. The maximum Gasteiger partial charge on any atom is 0.407 e. The summed E-state index contributed by atoms with van der Waals surface area (Å²) in [6.45, 7) is 5.57. The van der Waals surface area contributed by atoms with Crippen LogP contribution in [-0.4, -0.2) is 18.2 Å². The van der Waals surface area contributed by atoms with E-state index in [0.717, 1.165) is 18.2 Å². The quantitative estimate of drug-likeness (QED) is 0.667. The van der Waals surface area contributed by atoms with Crippen LogP contribution in [0.2, 0.25) is 0 Å². The second-order valence-electron chi connectivity index (χ2n) is 5.10. The summed E-state index contributed by atoms with van der Waals surface area (Å²) < 4.78 is 31.1. The van der Waals surface area contributed by atoms with Crippen LogP contribution in [0.4, 0.5) is 13.6 Å². The number of amides is 1. The number of hydrogen-bond donors (Lipinski definition) is 1. The lowest BCUT2D eigenvalue weighted by atomic mass is 10.2. The van der Waals surface area contributed by atoms with Crippen molar-refractivity contribution in [2.24, 2.45) is 0 Å². The van der Waals surface area contributed by atoms with Gasteiger partial charge < -0.3 is 10.1 Å². The first-order valence-corrected chi connectivity index (χ1v) is 6.19. The molecule has 3 nitrogen and oxygen atoms in total. The van der Waals surface area contributed by atoms with Crippen molar-refractivity contribution in [3.05, 3.63) is 35.4 Å². The van der Waals surface area contributed by atoms with Crippen LogP contribution >= 0.6 is 0 Å². The highest BCUT2D eigenvalue weighted by atomic mass is 19.1. The summed E-state index contributed by atoms with van der Waals surface area (Å²) in [4.78, 5) is 11.3. The molecule has 1 amide bonds. The predicted octanol–water partition coefficient (Wildman–Crippen LogP) is 3.23. The van der Waals surface area contributed by atoms with Gasteiger partial charge in [-0.3, -0.25) is 0 Å². The zero-order chi connectivity index (χ0) is 15.2. The molecule has 0 atom stereocenters. The Balaban J connectivity index is 2.40. The Morgan fingerprint density at radius 3 is 2.70 bits per heavy atom. The third kappa shape index (κ3) is 6.19. The van der Waals surface area contributed by atoms with Crippen LogP contribution in [-0.2, 0) is 4.74 Å². The molecular formula is C15H17F2NO2. The van der Waals surface area contributed by atoms with Gasteiger partial charge in [-0.05, 0) is 39.0 Å². The molecule has 20 heavy (non-hydrogen) atoms. The van der Waals surface area contributed by atoms with Crippen LogP contribution in [0.15, 0.2) is 18.2 Å².